The molecule has 1 fully saturated rings. The summed E-state index contributed by atoms with van der Waals surface area (Å²) in [6.07, 6.45) is 4.41. The van der Waals surface area contributed by atoms with E-state index < -0.39 is 0 Å². The van der Waals surface area contributed by atoms with Crippen LogP contribution in [0.4, 0.5) is 5.82 Å². The smallest absolute Gasteiger partial charge is 0.193 e. The summed E-state index contributed by atoms with van der Waals surface area (Å²) >= 11 is 5.96. The van der Waals surface area contributed by atoms with Crippen LogP contribution >= 0.6 is 35.6 Å². The Balaban J connectivity index is 0.00000261. The molecule has 5 nitrogen and oxygen atoms in total. The van der Waals surface area contributed by atoms with Gasteiger partial charge in [0.15, 0.2) is 5.96 Å². The molecule has 0 radical (unpaired) electrons. The van der Waals surface area contributed by atoms with Crippen molar-refractivity contribution in [3.63, 3.8) is 0 Å². The maximum Gasteiger partial charge on any atom is 0.193 e. The lowest BCUT2D eigenvalue weighted by atomic mass is 10.2. The number of hydrogen-bond acceptors (Lipinski definition) is 3. The van der Waals surface area contributed by atoms with Gasteiger partial charge in [-0.05, 0) is 48.2 Å². The van der Waals surface area contributed by atoms with Crippen LogP contribution in [0.3, 0.4) is 0 Å². The van der Waals surface area contributed by atoms with Crippen molar-refractivity contribution in [1.82, 2.24) is 15.2 Å². The summed E-state index contributed by atoms with van der Waals surface area (Å²) in [5, 5.41) is 4.19. The van der Waals surface area contributed by atoms with Gasteiger partial charge >= 0.3 is 0 Å². The van der Waals surface area contributed by atoms with Gasteiger partial charge in [0.1, 0.15) is 5.82 Å². The monoisotopic (exact) mass is 499 g/mol. The molecule has 2 aromatic rings. The van der Waals surface area contributed by atoms with E-state index in [9.17, 15) is 0 Å². The highest BCUT2D eigenvalue weighted by Crippen LogP contribution is 2.18. The van der Waals surface area contributed by atoms with Crippen molar-refractivity contribution >= 4 is 47.4 Å². The Hall–Kier alpha value is -1.54. The van der Waals surface area contributed by atoms with Crippen LogP contribution < -0.4 is 10.2 Å². The molecule has 3 rings (SSSR count). The molecule has 2 heterocycles. The average Bonchev–Trinajstić information content (AvgIpc) is 3.19. The standard InChI is InChI=1S/C20H26ClN5.HI/c1-22-20(25(2)15-16-5-7-18(21)8-6-16)24-14-17-9-10-23-19(13-17)26-11-3-4-12-26;/h5-10,13H,3-4,11-12,14-15H2,1-2H3,(H,22,24);1H. The van der Waals surface area contributed by atoms with E-state index in [1.807, 2.05) is 44.6 Å². The number of nitrogens with one attached hydrogen (secondary N) is 1. The second-order valence-corrected chi connectivity index (χ2v) is 7.04. The number of aliphatic imine (C=N–C) groups is 1. The van der Waals surface area contributed by atoms with Gasteiger partial charge in [-0.1, -0.05) is 23.7 Å². The van der Waals surface area contributed by atoms with E-state index in [4.69, 9.17) is 11.6 Å². The van der Waals surface area contributed by atoms with Gasteiger partial charge in [-0.15, -0.1) is 24.0 Å². The van der Waals surface area contributed by atoms with Crippen LogP contribution in [0.1, 0.15) is 24.0 Å². The molecule has 1 aliphatic heterocycles. The van der Waals surface area contributed by atoms with Crippen molar-refractivity contribution in [2.45, 2.75) is 25.9 Å². The fourth-order valence-electron chi connectivity index (χ4n) is 3.19. The van der Waals surface area contributed by atoms with E-state index in [1.165, 1.54) is 24.0 Å². The van der Waals surface area contributed by atoms with Crippen molar-refractivity contribution in [1.29, 1.82) is 0 Å². The van der Waals surface area contributed by atoms with E-state index in [-0.39, 0.29) is 24.0 Å². The Labute approximate surface area is 183 Å². The molecule has 1 aliphatic rings. The molecule has 146 valence electrons. The molecular weight excluding hydrogens is 473 g/mol. The van der Waals surface area contributed by atoms with Crippen molar-refractivity contribution in [2.75, 3.05) is 32.1 Å². The van der Waals surface area contributed by atoms with Gasteiger partial charge in [0.25, 0.3) is 0 Å². The predicted octanol–water partition coefficient (Wildman–Crippen LogP) is 4.16. The van der Waals surface area contributed by atoms with E-state index >= 15 is 0 Å². The number of hydrogen-bond donors (Lipinski definition) is 1. The Morgan fingerprint density at radius 2 is 1.89 bits per heavy atom. The van der Waals surface area contributed by atoms with E-state index in [2.05, 4.69) is 37.2 Å². The number of guanidine groups is 1. The van der Waals surface area contributed by atoms with E-state index in [0.29, 0.717) is 0 Å². The van der Waals surface area contributed by atoms with E-state index in [0.717, 1.165) is 43.0 Å². The Morgan fingerprint density at radius 1 is 1.19 bits per heavy atom. The second-order valence-electron chi connectivity index (χ2n) is 6.60. The van der Waals surface area contributed by atoms with Gasteiger partial charge in [-0.25, -0.2) is 4.98 Å². The third-order valence-electron chi connectivity index (χ3n) is 4.60. The zero-order valence-electron chi connectivity index (χ0n) is 15.9. The lowest BCUT2D eigenvalue weighted by molar-refractivity contribution is 0.476. The first-order valence-electron chi connectivity index (χ1n) is 9.02. The van der Waals surface area contributed by atoms with Crippen LogP contribution in [0.5, 0.6) is 0 Å². The Bertz CT molecular complexity index is 744. The largest absolute Gasteiger partial charge is 0.357 e. The molecule has 1 N–H and O–H groups in total. The van der Waals surface area contributed by atoms with Gasteiger partial charge in [-0.3, -0.25) is 4.99 Å². The average molecular weight is 500 g/mol. The summed E-state index contributed by atoms with van der Waals surface area (Å²) in [6, 6.07) is 12.1. The maximum atomic E-state index is 5.96. The molecular formula is C20H27ClIN5. The third-order valence-corrected chi connectivity index (χ3v) is 4.85. The van der Waals surface area contributed by atoms with Crippen LogP contribution in [0, 0.1) is 0 Å². The highest BCUT2D eigenvalue weighted by Gasteiger charge is 2.14. The van der Waals surface area contributed by atoms with Gasteiger partial charge in [-0.2, -0.15) is 0 Å². The number of nitrogens with zero attached hydrogens (tertiary/aromatic N) is 4. The van der Waals surface area contributed by atoms with Gasteiger partial charge in [0.2, 0.25) is 0 Å². The highest BCUT2D eigenvalue weighted by atomic mass is 127. The fourth-order valence-corrected chi connectivity index (χ4v) is 3.32. The van der Waals surface area contributed by atoms with Gasteiger partial charge in [0, 0.05) is 51.5 Å². The highest BCUT2D eigenvalue weighted by molar-refractivity contribution is 14.0. The Morgan fingerprint density at radius 3 is 2.56 bits per heavy atom. The topological polar surface area (TPSA) is 43.8 Å². The van der Waals surface area contributed by atoms with Crippen LogP contribution in [0.15, 0.2) is 47.6 Å². The first-order chi connectivity index (χ1) is 12.7. The lowest BCUT2D eigenvalue weighted by Crippen LogP contribution is -2.38. The van der Waals surface area contributed by atoms with Crippen LogP contribution in [0.25, 0.3) is 0 Å². The number of pyridine rings is 1. The van der Waals surface area contributed by atoms with Crippen molar-refractivity contribution < 1.29 is 0 Å². The summed E-state index contributed by atoms with van der Waals surface area (Å²) < 4.78 is 0. The predicted molar refractivity (Wildman–Crippen MR) is 124 cm³/mol. The number of halogens is 2. The molecule has 0 unspecified atom stereocenters. The minimum absolute atomic E-state index is 0. The number of benzene rings is 1. The number of aromatic nitrogens is 1. The molecule has 1 aromatic heterocycles. The molecule has 0 amide bonds. The molecule has 1 saturated heterocycles. The van der Waals surface area contributed by atoms with Crippen molar-refractivity contribution in [2.24, 2.45) is 4.99 Å². The van der Waals surface area contributed by atoms with Crippen molar-refractivity contribution in [3.05, 3.63) is 58.7 Å². The van der Waals surface area contributed by atoms with Crippen LogP contribution in [-0.2, 0) is 13.1 Å². The lowest BCUT2D eigenvalue weighted by Gasteiger charge is -2.22. The summed E-state index contributed by atoms with van der Waals surface area (Å²) in [4.78, 5) is 13.4. The first-order valence-corrected chi connectivity index (χ1v) is 9.39. The molecule has 0 aliphatic carbocycles. The summed E-state index contributed by atoms with van der Waals surface area (Å²) in [7, 11) is 3.84. The zero-order valence-corrected chi connectivity index (χ0v) is 18.9. The maximum absolute atomic E-state index is 5.96. The molecule has 0 atom stereocenters. The SMILES string of the molecule is CN=C(NCc1ccnc(N2CCCC2)c1)N(C)Cc1ccc(Cl)cc1.I. The summed E-state index contributed by atoms with van der Waals surface area (Å²) in [5.74, 6) is 1.94. The normalized spacial score (nSPS) is 14.0. The van der Waals surface area contributed by atoms with Gasteiger partial charge in [0.05, 0.1) is 0 Å². The van der Waals surface area contributed by atoms with Crippen LogP contribution in [-0.4, -0.2) is 43.0 Å². The molecule has 7 heteroatoms. The second kappa shape index (κ2) is 10.7. The first kappa shape index (κ1) is 21.8. The zero-order chi connectivity index (χ0) is 18.4. The minimum atomic E-state index is 0. The van der Waals surface area contributed by atoms with Crippen molar-refractivity contribution in [3.8, 4) is 0 Å². The van der Waals surface area contributed by atoms with E-state index in [1.54, 1.807) is 0 Å². The number of anilines is 1. The fraction of sp³-hybridized carbons (Fsp3) is 0.400. The minimum Gasteiger partial charge on any atom is -0.357 e. The molecule has 0 spiro atoms. The Kier molecular flexibility index (Phi) is 8.63. The molecule has 27 heavy (non-hydrogen) atoms. The molecule has 0 saturated carbocycles. The number of rotatable bonds is 5. The molecule has 1 aromatic carbocycles. The summed E-state index contributed by atoms with van der Waals surface area (Å²) in [6.45, 7) is 3.71. The van der Waals surface area contributed by atoms with Crippen LogP contribution in [0.2, 0.25) is 5.02 Å². The quantitative estimate of drug-likeness (QED) is 0.381. The van der Waals surface area contributed by atoms with Gasteiger partial charge < -0.3 is 15.1 Å². The molecule has 0 bridgehead atoms. The summed E-state index contributed by atoms with van der Waals surface area (Å²) in [5.41, 5.74) is 2.41. The third kappa shape index (κ3) is 6.24.